The van der Waals surface area contributed by atoms with Crippen molar-refractivity contribution in [3.63, 3.8) is 0 Å². The van der Waals surface area contributed by atoms with Gasteiger partial charge < -0.3 is 9.84 Å². The predicted octanol–water partition coefficient (Wildman–Crippen LogP) is 4.40. The standard InChI is InChI=1S/C18H14BrNO4S/c1-24-15-8-12(4-7-14(15)21)9-16-17(22)20(18(23)25-16)10-11-2-5-13(19)6-3-11/h2-9,21H,10H2,1H3/b16-9+. The summed E-state index contributed by atoms with van der Waals surface area (Å²) in [6.45, 7) is 0.230. The largest absolute Gasteiger partial charge is 0.504 e. The highest BCUT2D eigenvalue weighted by Gasteiger charge is 2.34. The Morgan fingerprint density at radius 2 is 1.92 bits per heavy atom. The van der Waals surface area contributed by atoms with E-state index in [-0.39, 0.29) is 23.4 Å². The second-order valence-electron chi connectivity index (χ2n) is 5.33. The number of phenols is 1. The van der Waals surface area contributed by atoms with E-state index in [2.05, 4.69) is 15.9 Å². The smallest absolute Gasteiger partial charge is 0.293 e. The lowest BCUT2D eigenvalue weighted by Gasteiger charge is -2.12. The molecule has 1 aliphatic heterocycles. The Bertz CT molecular complexity index is 864. The molecule has 2 amide bonds. The minimum absolute atomic E-state index is 0.0167. The van der Waals surface area contributed by atoms with Gasteiger partial charge in [-0.15, -0.1) is 0 Å². The zero-order chi connectivity index (χ0) is 18.0. The zero-order valence-electron chi connectivity index (χ0n) is 13.2. The van der Waals surface area contributed by atoms with Crippen LogP contribution in [0, 0.1) is 0 Å². The Morgan fingerprint density at radius 1 is 1.20 bits per heavy atom. The van der Waals surface area contributed by atoms with Gasteiger partial charge in [0.1, 0.15) is 0 Å². The van der Waals surface area contributed by atoms with Gasteiger partial charge in [0.05, 0.1) is 18.6 Å². The fourth-order valence-electron chi connectivity index (χ4n) is 2.34. The van der Waals surface area contributed by atoms with Crippen LogP contribution in [0.3, 0.4) is 0 Å². The summed E-state index contributed by atoms with van der Waals surface area (Å²) < 4.78 is 5.99. The molecule has 128 valence electrons. The normalized spacial score (nSPS) is 15.9. The number of methoxy groups -OCH3 is 1. The molecule has 1 N–H and O–H groups in total. The molecular weight excluding hydrogens is 406 g/mol. The van der Waals surface area contributed by atoms with Crippen LogP contribution >= 0.6 is 27.7 Å². The van der Waals surface area contributed by atoms with E-state index in [1.54, 1.807) is 18.2 Å². The summed E-state index contributed by atoms with van der Waals surface area (Å²) in [5.74, 6) is -0.00389. The number of carbonyl (C=O) groups is 2. The molecule has 0 bridgehead atoms. The van der Waals surface area contributed by atoms with Gasteiger partial charge in [-0.1, -0.05) is 34.1 Å². The molecule has 0 aromatic heterocycles. The van der Waals surface area contributed by atoms with Crippen molar-refractivity contribution in [1.82, 2.24) is 4.90 Å². The Balaban J connectivity index is 1.82. The first kappa shape index (κ1) is 17.6. The lowest BCUT2D eigenvalue weighted by Crippen LogP contribution is -2.27. The number of nitrogens with zero attached hydrogens (tertiary/aromatic N) is 1. The van der Waals surface area contributed by atoms with Gasteiger partial charge in [-0.3, -0.25) is 14.5 Å². The molecule has 0 aliphatic carbocycles. The molecule has 5 nitrogen and oxygen atoms in total. The summed E-state index contributed by atoms with van der Waals surface area (Å²) >= 11 is 4.26. The van der Waals surface area contributed by atoms with Crippen molar-refractivity contribution in [2.24, 2.45) is 0 Å². The third kappa shape index (κ3) is 3.88. The number of carbonyl (C=O) groups excluding carboxylic acids is 2. The van der Waals surface area contributed by atoms with Crippen LogP contribution in [0.1, 0.15) is 11.1 Å². The van der Waals surface area contributed by atoms with Crippen LogP contribution in [0.25, 0.3) is 6.08 Å². The van der Waals surface area contributed by atoms with Crippen molar-refractivity contribution in [3.05, 3.63) is 63.0 Å². The fraction of sp³-hybridized carbons (Fsp3) is 0.111. The molecule has 7 heteroatoms. The van der Waals surface area contributed by atoms with Gasteiger partial charge >= 0.3 is 0 Å². The maximum atomic E-state index is 12.5. The lowest BCUT2D eigenvalue weighted by molar-refractivity contribution is -0.123. The summed E-state index contributed by atoms with van der Waals surface area (Å²) in [6.07, 6.45) is 1.62. The first-order valence-corrected chi connectivity index (χ1v) is 8.95. The Hall–Kier alpha value is -2.25. The van der Waals surface area contributed by atoms with E-state index in [4.69, 9.17) is 4.74 Å². The van der Waals surface area contributed by atoms with E-state index in [1.807, 2.05) is 24.3 Å². The second kappa shape index (κ2) is 7.33. The lowest BCUT2D eigenvalue weighted by atomic mass is 10.1. The first-order chi connectivity index (χ1) is 12.0. The summed E-state index contributed by atoms with van der Waals surface area (Å²) in [6, 6.07) is 12.2. The zero-order valence-corrected chi connectivity index (χ0v) is 15.6. The Labute approximate surface area is 157 Å². The average molecular weight is 420 g/mol. The molecule has 1 aliphatic rings. The minimum atomic E-state index is -0.329. The molecule has 3 rings (SSSR count). The summed E-state index contributed by atoms with van der Waals surface area (Å²) in [5, 5.41) is 9.33. The fourth-order valence-corrected chi connectivity index (χ4v) is 3.45. The average Bonchev–Trinajstić information content (AvgIpc) is 2.86. The number of imide groups is 1. The molecule has 25 heavy (non-hydrogen) atoms. The molecule has 0 saturated carbocycles. The number of rotatable bonds is 4. The quantitative estimate of drug-likeness (QED) is 0.743. The van der Waals surface area contributed by atoms with Crippen LogP contribution in [-0.2, 0) is 11.3 Å². The van der Waals surface area contributed by atoms with Crippen LogP contribution < -0.4 is 4.74 Å². The van der Waals surface area contributed by atoms with Gasteiger partial charge in [0, 0.05) is 4.47 Å². The number of hydrogen-bond donors (Lipinski definition) is 1. The number of hydrogen-bond acceptors (Lipinski definition) is 5. The van der Waals surface area contributed by atoms with E-state index < -0.39 is 0 Å². The highest BCUT2D eigenvalue weighted by atomic mass is 79.9. The first-order valence-electron chi connectivity index (χ1n) is 7.35. The Kier molecular flexibility index (Phi) is 5.15. The summed E-state index contributed by atoms with van der Waals surface area (Å²) in [4.78, 5) is 26.3. The van der Waals surface area contributed by atoms with E-state index in [0.717, 1.165) is 21.8 Å². The molecule has 2 aromatic carbocycles. The third-order valence-electron chi connectivity index (χ3n) is 3.63. The molecular formula is C18H14BrNO4S. The number of halogens is 1. The number of thioether (sulfide) groups is 1. The summed E-state index contributed by atoms with van der Waals surface area (Å²) in [7, 11) is 1.45. The maximum Gasteiger partial charge on any atom is 0.293 e. The van der Waals surface area contributed by atoms with E-state index in [9.17, 15) is 14.7 Å². The second-order valence-corrected chi connectivity index (χ2v) is 7.23. The van der Waals surface area contributed by atoms with Crippen molar-refractivity contribution in [2.45, 2.75) is 6.54 Å². The SMILES string of the molecule is COc1cc(/C=C2/SC(=O)N(Cc3ccc(Br)cc3)C2=O)ccc1O. The monoisotopic (exact) mass is 419 g/mol. The number of ether oxygens (including phenoxy) is 1. The van der Waals surface area contributed by atoms with Crippen molar-refractivity contribution in [3.8, 4) is 11.5 Å². The summed E-state index contributed by atoms with van der Waals surface area (Å²) in [5.41, 5.74) is 1.54. The molecule has 0 spiro atoms. The van der Waals surface area contributed by atoms with Gasteiger partial charge in [0.15, 0.2) is 11.5 Å². The van der Waals surface area contributed by atoms with Crippen LogP contribution in [0.15, 0.2) is 51.8 Å². The number of aromatic hydroxyl groups is 1. The molecule has 0 unspecified atom stereocenters. The van der Waals surface area contributed by atoms with E-state index in [1.165, 1.54) is 18.1 Å². The van der Waals surface area contributed by atoms with Gasteiger partial charge in [-0.25, -0.2) is 0 Å². The van der Waals surface area contributed by atoms with Crippen molar-refractivity contribution in [2.75, 3.05) is 7.11 Å². The molecule has 2 aromatic rings. The number of benzene rings is 2. The Morgan fingerprint density at radius 3 is 2.60 bits per heavy atom. The van der Waals surface area contributed by atoms with Crippen molar-refractivity contribution < 1.29 is 19.4 Å². The molecule has 1 saturated heterocycles. The molecule has 0 atom stereocenters. The van der Waals surface area contributed by atoms with Gasteiger partial charge in [-0.2, -0.15) is 0 Å². The molecule has 1 fully saturated rings. The van der Waals surface area contributed by atoms with Gasteiger partial charge in [-0.05, 0) is 53.2 Å². The highest BCUT2D eigenvalue weighted by molar-refractivity contribution is 9.10. The predicted molar refractivity (Wildman–Crippen MR) is 100 cm³/mol. The maximum absolute atomic E-state index is 12.5. The van der Waals surface area contributed by atoms with Crippen molar-refractivity contribution >= 4 is 44.9 Å². The van der Waals surface area contributed by atoms with Crippen LogP contribution in [0.5, 0.6) is 11.5 Å². The van der Waals surface area contributed by atoms with Gasteiger partial charge in [0.25, 0.3) is 11.1 Å². The van der Waals surface area contributed by atoms with Crippen molar-refractivity contribution in [1.29, 1.82) is 0 Å². The van der Waals surface area contributed by atoms with Crippen LogP contribution in [0.2, 0.25) is 0 Å². The minimum Gasteiger partial charge on any atom is -0.504 e. The van der Waals surface area contributed by atoms with E-state index >= 15 is 0 Å². The third-order valence-corrected chi connectivity index (χ3v) is 5.07. The molecule has 0 radical (unpaired) electrons. The molecule has 1 heterocycles. The topological polar surface area (TPSA) is 66.8 Å². The number of amides is 2. The van der Waals surface area contributed by atoms with E-state index in [0.29, 0.717) is 16.2 Å². The van der Waals surface area contributed by atoms with Gasteiger partial charge in [0.2, 0.25) is 0 Å². The van der Waals surface area contributed by atoms with Crippen LogP contribution in [0.4, 0.5) is 4.79 Å². The number of phenolic OH excluding ortho intramolecular Hbond substituents is 1. The van der Waals surface area contributed by atoms with Crippen LogP contribution in [-0.4, -0.2) is 28.3 Å². The highest BCUT2D eigenvalue weighted by Crippen LogP contribution is 2.35.